The molecule has 3 rings (SSSR count). The number of hydrogen-bond acceptors (Lipinski definition) is 3. The summed E-state index contributed by atoms with van der Waals surface area (Å²) >= 11 is 6.16. The van der Waals surface area contributed by atoms with Crippen LogP contribution in [0.15, 0.2) is 59.6 Å². The maximum absolute atomic E-state index is 12.6. The van der Waals surface area contributed by atoms with Crippen LogP contribution in [0.3, 0.4) is 0 Å². The lowest BCUT2D eigenvalue weighted by Gasteiger charge is -2.09. The van der Waals surface area contributed by atoms with E-state index in [1.807, 2.05) is 43.3 Å². The smallest absolute Gasteiger partial charge is 0.263 e. The molecule has 1 heterocycles. The highest BCUT2D eigenvalue weighted by Crippen LogP contribution is 2.25. The van der Waals surface area contributed by atoms with E-state index in [4.69, 9.17) is 11.6 Å². The van der Waals surface area contributed by atoms with E-state index in [-0.39, 0.29) is 15.7 Å². The number of hydrogen-bond donors (Lipinski definition) is 1. The van der Waals surface area contributed by atoms with E-state index in [2.05, 4.69) is 9.82 Å². The van der Waals surface area contributed by atoms with Crippen LogP contribution in [0.4, 0.5) is 5.82 Å². The van der Waals surface area contributed by atoms with Crippen LogP contribution in [-0.2, 0) is 16.6 Å². The van der Waals surface area contributed by atoms with Crippen molar-refractivity contribution >= 4 is 27.4 Å². The van der Waals surface area contributed by atoms with Crippen molar-refractivity contribution in [2.75, 3.05) is 4.72 Å². The summed E-state index contributed by atoms with van der Waals surface area (Å²) in [6.07, 6.45) is 1.61. The van der Waals surface area contributed by atoms with Crippen molar-refractivity contribution in [3.8, 4) is 0 Å². The lowest BCUT2D eigenvalue weighted by Crippen LogP contribution is -2.15. The zero-order chi connectivity index (χ0) is 18.0. The second-order valence-electron chi connectivity index (χ2n) is 5.88. The first-order chi connectivity index (χ1) is 11.8. The Hall–Kier alpha value is -2.31. The maximum atomic E-state index is 12.6. The van der Waals surface area contributed by atoms with Crippen molar-refractivity contribution in [3.63, 3.8) is 0 Å². The van der Waals surface area contributed by atoms with Crippen LogP contribution < -0.4 is 4.72 Å². The molecule has 0 atom stereocenters. The Morgan fingerprint density at radius 3 is 2.52 bits per heavy atom. The molecule has 0 aliphatic heterocycles. The van der Waals surface area contributed by atoms with E-state index in [9.17, 15) is 8.42 Å². The van der Waals surface area contributed by atoms with Gasteiger partial charge in [0.05, 0.1) is 11.4 Å². The summed E-state index contributed by atoms with van der Waals surface area (Å²) in [5, 5.41) is 4.51. The highest BCUT2D eigenvalue weighted by Gasteiger charge is 2.20. The molecule has 0 aliphatic rings. The van der Waals surface area contributed by atoms with Crippen molar-refractivity contribution in [1.82, 2.24) is 9.78 Å². The second-order valence-corrected chi connectivity index (χ2v) is 7.94. The van der Waals surface area contributed by atoms with E-state index in [0.717, 1.165) is 11.1 Å². The average molecular weight is 376 g/mol. The molecule has 0 saturated carbocycles. The first kappa shape index (κ1) is 17.5. The van der Waals surface area contributed by atoms with E-state index in [1.165, 1.54) is 0 Å². The summed E-state index contributed by atoms with van der Waals surface area (Å²) in [4.78, 5) is 0.215. The Morgan fingerprint density at radius 1 is 1.12 bits per heavy atom. The van der Waals surface area contributed by atoms with Gasteiger partial charge in [-0.2, -0.15) is 5.10 Å². The Balaban J connectivity index is 1.85. The highest BCUT2D eigenvalue weighted by atomic mass is 35.5. The minimum atomic E-state index is -3.75. The number of aryl methyl sites for hydroxylation is 2. The zero-order valence-electron chi connectivity index (χ0n) is 13.9. The number of benzene rings is 2. The third kappa shape index (κ3) is 4.03. The quantitative estimate of drug-likeness (QED) is 0.733. The zero-order valence-corrected chi connectivity index (χ0v) is 15.5. The predicted octanol–water partition coefficient (Wildman–Crippen LogP) is 4.00. The predicted molar refractivity (Wildman–Crippen MR) is 99.5 cm³/mol. The van der Waals surface area contributed by atoms with Gasteiger partial charge in [-0.1, -0.05) is 59.6 Å². The minimum Gasteiger partial charge on any atom is -0.265 e. The molecule has 0 bridgehead atoms. The molecule has 0 fully saturated rings. The van der Waals surface area contributed by atoms with E-state index in [0.29, 0.717) is 12.1 Å². The highest BCUT2D eigenvalue weighted by molar-refractivity contribution is 7.92. The largest absolute Gasteiger partial charge is 0.265 e. The minimum absolute atomic E-state index is 0.123. The van der Waals surface area contributed by atoms with Crippen molar-refractivity contribution in [2.24, 2.45) is 0 Å². The van der Waals surface area contributed by atoms with Crippen molar-refractivity contribution in [1.29, 1.82) is 0 Å². The summed E-state index contributed by atoms with van der Waals surface area (Å²) in [6, 6.07) is 14.9. The van der Waals surface area contributed by atoms with Gasteiger partial charge in [-0.05, 0) is 31.0 Å². The fourth-order valence-electron chi connectivity index (χ4n) is 2.60. The SMILES string of the molecule is Cc1ccc(S(=O)(=O)Nc2nn(Cc3ccccc3)cc2Cl)c(C)c1. The molecule has 0 radical (unpaired) electrons. The maximum Gasteiger partial charge on any atom is 0.263 e. The summed E-state index contributed by atoms with van der Waals surface area (Å²) in [6.45, 7) is 4.18. The van der Waals surface area contributed by atoms with Gasteiger partial charge in [-0.25, -0.2) is 8.42 Å². The molecule has 130 valence electrons. The number of aromatic nitrogens is 2. The molecule has 3 aromatic rings. The number of halogens is 1. The Labute approximate surface area is 152 Å². The third-order valence-electron chi connectivity index (χ3n) is 3.76. The van der Waals surface area contributed by atoms with Gasteiger partial charge in [0, 0.05) is 6.20 Å². The fourth-order valence-corrected chi connectivity index (χ4v) is 4.10. The van der Waals surface area contributed by atoms with Crippen LogP contribution in [0.2, 0.25) is 5.02 Å². The number of sulfonamides is 1. The van der Waals surface area contributed by atoms with Crippen LogP contribution >= 0.6 is 11.6 Å². The van der Waals surface area contributed by atoms with Gasteiger partial charge in [-0.3, -0.25) is 9.40 Å². The van der Waals surface area contributed by atoms with Crippen LogP contribution in [0.5, 0.6) is 0 Å². The number of rotatable bonds is 5. The van der Waals surface area contributed by atoms with Crippen LogP contribution in [0, 0.1) is 13.8 Å². The molecule has 0 saturated heterocycles. The van der Waals surface area contributed by atoms with E-state index >= 15 is 0 Å². The second kappa shape index (κ2) is 6.90. The molecular weight excluding hydrogens is 358 g/mol. The molecule has 1 N–H and O–H groups in total. The number of anilines is 1. The summed E-state index contributed by atoms with van der Waals surface area (Å²) in [5.41, 5.74) is 2.72. The van der Waals surface area contributed by atoms with Gasteiger partial charge >= 0.3 is 0 Å². The standard InChI is InChI=1S/C18H18ClN3O2S/c1-13-8-9-17(14(2)10-13)25(23,24)21-18-16(19)12-22(20-18)11-15-6-4-3-5-7-15/h3-10,12H,11H2,1-2H3,(H,20,21). The molecule has 0 spiro atoms. The molecule has 0 aliphatic carbocycles. The average Bonchev–Trinajstić information content (AvgIpc) is 2.86. The number of nitrogens with one attached hydrogen (secondary N) is 1. The Bertz CT molecular complexity index is 998. The van der Waals surface area contributed by atoms with Gasteiger partial charge < -0.3 is 0 Å². The molecule has 2 aromatic carbocycles. The molecule has 0 unspecified atom stereocenters. The lowest BCUT2D eigenvalue weighted by atomic mass is 10.2. The van der Waals surface area contributed by atoms with Gasteiger partial charge in [-0.15, -0.1) is 0 Å². The van der Waals surface area contributed by atoms with Crippen LogP contribution in [0.25, 0.3) is 0 Å². The monoisotopic (exact) mass is 375 g/mol. The van der Waals surface area contributed by atoms with Gasteiger partial charge in [0.2, 0.25) is 0 Å². The first-order valence-electron chi connectivity index (χ1n) is 7.72. The Kier molecular flexibility index (Phi) is 4.83. The van der Waals surface area contributed by atoms with Gasteiger partial charge in [0.1, 0.15) is 5.02 Å². The molecule has 1 aromatic heterocycles. The summed E-state index contributed by atoms with van der Waals surface area (Å²) in [7, 11) is -3.75. The number of nitrogens with zero attached hydrogens (tertiary/aromatic N) is 2. The molecular formula is C18H18ClN3O2S. The van der Waals surface area contributed by atoms with Crippen LogP contribution in [-0.4, -0.2) is 18.2 Å². The van der Waals surface area contributed by atoms with Crippen molar-refractivity contribution < 1.29 is 8.42 Å². The van der Waals surface area contributed by atoms with Gasteiger partial charge in [0.15, 0.2) is 5.82 Å². The normalized spacial score (nSPS) is 11.5. The van der Waals surface area contributed by atoms with E-state index in [1.54, 1.807) is 29.9 Å². The van der Waals surface area contributed by atoms with Crippen molar-refractivity contribution in [2.45, 2.75) is 25.3 Å². The summed E-state index contributed by atoms with van der Waals surface area (Å²) < 4.78 is 29.4. The topological polar surface area (TPSA) is 64.0 Å². The Morgan fingerprint density at radius 2 is 1.84 bits per heavy atom. The molecule has 7 heteroatoms. The van der Waals surface area contributed by atoms with Crippen LogP contribution in [0.1, 0.15) is 16.7 Å². The first-order valence-corrected chi connectivity index (χ1v) is 9.58. The molecule has 25 heavy (non-hydrogen) atoms. The fraction of sp³-hybridized carbons (Fsp3) is 0.167. The van der Waals surface area contributed by atoms with E-state index < -0.39 is 10.0 Å². The summed E-state index contributed by atoms with van der Waals surface area (Å²) in [5.74, 6) is 0.123. The van der Waals surface area contributed by atoms with Gasteiger partial charge in [0.25, 0.3) is 10.0 Å². The lowest BCUT2D eigenvalue weighted by molar-refractivity contribution is 0.600. The molecule has 0 amide bonds. The third-order valence-corrected chi connectivity index (χ3v) is 5.53. The van der Waals surface area contributed by atoms with Crippen molar-refractivity contribution in [3.05, 3.63) is 76.4 Å². The molecule has 5 nitrogen and oxygen atoms in total.